The first kappa shape index (κ1) is 22.6. The van der Waals surface area contributed by atoms with Gasteiger partial charge in [-0.1, -0.05) is 25.8 Å². The van der Waals surface area contributed by atoms with Crippen molar-refractivity contribution in [1.82, 2.24) is 5.32 Å². The minimum atomic E-state index is -2.96. The predicted octanol–water partition coefficient (Wildman–Crippen LogP) is 3.94. The van der Waals surface area contributed by atoms with E-state index in [1.54, 1.807) is 6.92 Å². The molecule has 0 aliphatic heterocycles. The van der Waals surface area contributed by atoms with Gasteiger partial charge in [-0.2, -0.15) is 8.78 Å². The summed E-state index contributed by atoms with van der Waals surface area (Å²) in [6, 6.07) is 4.43. The Labute approximate surface area is 169 Å². The van der Waals surface area contributed by atoms with E-state index >= 15 is 0 Å². The maximum Gasteiger partial charge on any atom is 0.387 e. The number of ether oxygens (including phenoxy) is 3. The topological polar surface area (TPSA) is 73.9 Å². The number of amides is 1. The average molecular weight is 411 g/mol. The van der Waals surface area contributed by atoms with Gasteiger partial charge in [0.15, 0.2) is 18.1 Å². The number of hydrogen-bond acceptors (Lipinski definition) is 5. The van der Waals surface area contributed by atoms with Crippen molar-refractivity contribution in [2.24, 2.45) is 5.92 Å². The average Bonchev–Trinajstić information content (AvgIpc) is 2.68. The van der Waals surface area contributed by atoms with Crippen LogP contribution in [0.25, 0.3) is 6.08 Å². The molecule has 0 bridgehead atoms. The van der Waals surface area contributed by atoms with Gasteiger partial charge >= 0.3 is 12.6 Å². The van der Waals surface area contributed by atoms with Crippen molar-refractivity contribution in [2.75, 3.05) is 13.2 Å². The maximum atomic E-state index is 12.4. The lowest BCUT2D eigenvalue weighted by molar-refractivity contribution is -0.144. The molecule has 1 aromatic rings. The molecule has 1 fully saturated rings. The zero-order chi connectivity index (χ0) is 21.2. The lowest BCUT2D eigenvalue weighted by Crippen LogP contribution is -2.42. The smallest absolute Gasteiger partial charge is 0.387 e. The molecule has 1 amide bonds. The third-order valence-corrected chi connectivity index (χ3v) is 4.70. The standard InChI is InChI=1S/C21H27F2NO5/c1-3-27-18-12-15(8-10-17(18)29-21(22)23)9-11-20(26)28-13-19(25)24-16-7-5-4-6-14(16)2/h8-12,14,16,21H,3-7,13H2,1-2H3,(H,24,25)/b11-9+/t14-,16+/m0/s1. The molecule has 0 unspecified atom stereocenters. The first-order valence-corrected chi connectivity index (χ1v) is 9.75. The normalized spacial score (nSPS) is 19.2. The van der Waals surface area contributed by atoms with Gasteiger partial charge in [-0.15, -0.1) is 0 Å². The van der Waals surface area contributed by atoms with Gasteiger partial charge in [0.05, 0.1) is 6.61 Å². The summed E-state index contributed by atoms with van der Waals surface area (Å²) in [5.41, 5.74) is 0.535. The van der Waals surface area contributed by atoms with Gasteiger partial charge in [0.25, 0.3) is 5.91 Å². The Kier molecular flexibility index (Phi) is 8.89. The number of carbonyl (C=O) groups excluding carboxylic acids is 2. The summed E-state index contributed by atoms with van der Waals surface area (Å²) in [5.74, 6) is -0.528. The monoisotopic (exact) mass is 411 g/mol. The first-order valence-electron chi connectivity index (χ1n) is 9.75. The molecule has 1 aliphatic carbocycles. The molecule has 160 valence electrons. The molecule has 8 heteroatoms. The Bertz CT molecular complexity index is 723. The van der Waals surface area contributed by atoms with E-state index in [2.05, 4.69) is 17.0 Å². The summed E-state index contributed by atoms with van der Waals surface area (Å²) < 4.78 is 39.5. The third kappa shape index (κ3) is 7.71. The Morgan fingerprint density at radius 1 is 1.24 bits per heavy atom. The van der Waals surface area contributed by atoms with Crippen LogP contribution < -0.4 is 14.8 Å². The van der Waals surface area contributed by atoms with E-state index in [1.165, 1.54) is 30.7 Å². The predicted molar refractivity (Wildman–Crippen MR) is 104 cm³/mol. The van der Waals surface area contributed by atoms with Crippen LogP contribution in [0.1, 0.15) is 45.1 Å². The first-order chi connectivity index (χ1) is 13.9. The molecule has 0 saturated heterocycles. The lowest BCUT2D eigenvalue weighted by atomic mass is 9.86. The van der Waals surface area contributed by atoms with E-state index < -0.39 is 12.6 Å². The van der Waals surface area contributed by atoms with Crippen molar-refractivity contribution in [3.8, 4) is 11.5 Å². The Morgan fingerprint density at radius 2 is 2.00 bits per heavy atom. The molecule has 1 N–H and O–H groups in total. The second kappa shape index (κ2) is 11.4. The largest absolute Gasteiger partial charge is 0.490 e. The van der Waals surface area contributed by atoms with Gasteiger partial charge in [0.2, 0.25) is 0 Å². The van der Waals surface area contributed by atoms with Gasteiger partial charge in [-0.05, 0) is 49.5 Å². The van der Waals surface area contributed by atoms with Gasteiger partial charge in [-0.25, -0.2) is 4.79 Å². The number of esters is 1. The summed E-state index contributed by atoms with van der Waals surface area (Å²) in [7, 11) is 0. The van der Waals surface area contributed by atoms with Crippen LogP contribution in [-0.4, -0.2) is 37.7 Å². The van der Waals surface area contributed by atoms with E-state index in [9.17, 15) is 18.4 Å². The van der Waals surface area contributed by atoms with E-state index in [-0.39, 0.29) is 36.7 Å². The number of benzene rings is 1. The fourth-order valence-corrected chi connectivity index (χ4v) is 3.22. The van der Waals surface area contributed by atoms with Crippen LogP contribution in [0.4, 0.5) is 8.78 Å². The zero-order valence-corrected chi connectivity index (χ0v) is 16.7. The SMILES string of the molecule is CCOc1cc(/C=C/C(=O)OCC(=O)N[C@@H]2CCCC[C@@H]2C)ccc1OC(F)F. The Balaban J connectivity index is 1.86. The third-order valence-electron chi connectivity index (χ3n) is 4.70. The number of nitrogens with one attached hydrogen (secondary N) is 1. The molecule has 2 rings (SSSR count). The van der Waals surface area contributed by atoms with Crippen LogP contribution in [-0.2, 0) is 14.3 Å². The van der Waals surface area contributed by atoms with E-state index in [1.807, 2.05) is 0 Å². The number of alkyl halides is 2. The van der Waals surface area contributed by atoms with Gasteiger partial charge in [-0.3, -0.25) is 4.79 Å². The van der Waals surface area contributed by atoms with Crippen molar-refractivity contribution in [3.05, 3.63) is 29.8 Å². The van der Waals surface area contributed by atoms with E-state index in [0.29, 0.717) is 11.5 Å². The van der Waals surface area contributed by atoms with Gasteiger partial charge in [0, 0.05) is 12.1 Å². The van der Waals surface area contributed by atoms with Crippen molar-refractivity contribution < 1.29 is 32.6 Å². The zero-order valence-electron chi connectivity index (χ0n) is 16.7. The number of carbonyl (C=O) groups is 2. The van der Waals surface area contributed by atoms with Crippen molar-refractivity contribution in [1.29, 1.82) is 0 Å². The lowest BCUT2D eigenvalue weighted by Gasteiger charge is -2.29. The molecule has 0 aromatic heterocycles. The highest BCUT2D eigenvalue weighted by atomic mass is 19.3. The van der Waals surface area contributed by atoms with Crippen molar-refractivity contribution >= 4 is 18.0 Å². The molecular weight excluding hydrogens is 384 g/mol. The molecule has 2 atom stereocenters. The highest BCUT2D eigenvalue weighted by Gasteiger charge is 2.23. The number of rotatable bonds is 9. The van der Waals surface area contributed by atoms with Crippen molar-refractivity contribution in [3.63, 3.8) is 0 Å². The van der Waals surface area contributed by atoms with Gasteiger partial charge in [0.1, 0.15) is 0 Å². The van der Waals surface area contributed by atoms with Crippen LogP contribution in [0.3, 0.4) is 0 Å². The summed E-state index contributed by atoms with van der Waals surface area (Å²) in [6.45, 7) is 0.771. The number of hydrogen-bond donors (Lipinski definition) is 1. The van der Waals surface area contributed by atoms with Gasteiger partial charge < -0.3 is 19.5 Å². The molecule has 6 nitrogen and oxygen atoms in total. The molecule has 0 heterocycles. The molecule has 1 aromatic carbocycles. The summed E-state index contributed by atoms with van der Waals surface area (Å²) in [4.78, 5) is 23.8. The second-order valence-electron chi connectivity index (χ2n) is 6.89. The minimum Gasteiger partial charge on any atom is -0.490 e. The fraction of sp³-hybridized carbons (Fsp3) is 0.524. The van der Waals surface area contributed by atoms with Crippen molar-refractivity contribution in [2.45, 2.75) is 52.2 Å². The van der Waals surface area contributed by atoms with Crippen LogP contribution in [0.2, 0.25) is 0 Å². The quantitative estimate of drug-likeness (QED) is 0.492. The van der Waals surface area contributed by atoms with E-state index in [4.69, 9.17) is 9.47 Å². The minimum absolute atomic E-state index is 0.0878. The van der Waals surface area contributed by atoms with Crippen LogP contribution in [0.15, 0.2) is 24.3 Å². The van der Waals surface area contributed by atoms with Crippen LogP contribution >= 0.6 is 0 Å². The van der Waals surface area contributed by atoms with Crippen LogP contribution in [0, 0.1) is 5.92 Å². The Morgan fingerprint density at radius 3 is 2.69 bits per heavy atom. The summed E-state index contributed by atoms with van der Waals surface area (Å²) in [6.07, 6.45) is 6.89. The highest BCUT2D eigenvalue weighted by molar-refractivity contribution is 5.89. The molecule has 0 radical (unpaired) electrons. The molecule has 29 heavy (non-hydrogen) atoms. The highest BCUT2D eigenvalue weighted by Crippen LogP contribution is 2.30. The molecule has 0 spiro atoms. The molecule has 1 saturated carbocycles. The fourth-order valence-electron chi connectivity index (χ4n) is 3.22. The number of halogens is 2. The summed E-state index contributed by atoms with van der Waals surface area (Å²) in [5, 5.41) is 2.91. The maximum absolute atomic E-state index is 12.4. The molecule has 1 aliphatic rings. The second-order valence-corrected chi connectivity index (χ2v) is 6.89. The van der Waals surface area contributed by atoms with E-state index in [0.717, 1.165) is 25.3 Å². The molecular formula is C21H27F2NO5. The summed E-state index contributed by atoms with van der Waals surface area (Å²) >= 11 is 0. The Hall–Kier alpha value is -2.64. The van der Waals surface area contributed by atoms with Crippen LogP contribution in [0.5, 0.6) is 11.5 Å².